The number of fused-ring (bicyclic) bond motifs is 1. The molecule has 0 unspecified atom stereocenters. The highest BCUT2D eigenvalue weighted by molar-refractivity contribution is 7.21. The zero-order chi connectivity index (χ0) is 17.4. The molecule has 0 aromatic carbocycles. The monoisotopic (exact) mass is 336 g/mol. The number of carbonyl (C=O) groups excluding carboxylic acids is 1. The lowest BCUT2D eigenvalue weighted by Gasteiger charge is -2.19. The summed E-state index contributed by atoms with van der Waals surface area (Å²) in [6, 6.07) is 0. The van der Waals surface area contributed by atoms with Gasteiger partial charge in [-0.1, -0.05) is 6.92 Å². The highest BCUT2D eigenvalue weighted by atomic mass is 32.1. The van der Waals surface area contributed by atoms with Crippen molar-refractivity contribution in [1.29, 1.82) is 0 Å². The van der Waals surface area contributed by atoms with Crippen LogP contribution in [0, 0.1) is 6.92 Å². The molecule has 2 heterocycles. The topological polar surface area (TPSA) is 74.4 Å². The molecule has 5 nitrogen and oxygen atoms in total. The predicted octanol–water partition coefficient (Wildman–Crippen LogP) is 4.10. The predicted molar refractivity (Wildman–Crippen MR) is 94.5 cm³/mol. The lowest BCUT2D eigenvalue weighted by molar-refractivity contribution is 0.00764. The van der Waals surface area contributed by atoms with E-state index in [1.807, 2.05) is 41.5 Å². The number of nitrogens with zero attached hydrogens (tertiary/aromatic N) is 1. The average molecular weight is 336 g/mol. The van der Waals surface area contributed by atoms with E-state index in [9.17, 15) is 4.79 Å². The van der Waals surface area contributed by atoms with Gasteiger partial charge in [0.15, 0.2) is 0 Å². The summed E-state index contributed by atoms with van der Waals surface area (Å²) < 4.78 is 11.2. The SMILES string of the molecule is CCOc1c(CC)nc2sc(C(=O)OC(C)(C)C)c(N)c2c1C. The summed E-state index contributed by atoms with van der Waals surface area (Å²) in [6.45, 7) is 12.0. The Kier molecular flexibility index (Phi) is 4.84. The van der Waals surface area contributed by atoms with E-state index in [4.69, 9.17) is 15.2 Å². The van der Waals surface area contributed by atoms with Crippen LogP contribution in [0.5, 0.6) is 5.75 Å². The van der Waals surface area contributed by atoms with Gasteiger partial charge < -0.3 is 15.2 Å². The Balaban J connectivity index is 2.62. The maximum atomic E-state index is 12.4. The smallest absolute Gasteiger partial charge is 0.351 e. The molecule has 0 spiro atoms. The number of anilines is 1. The number of hydrogen-bond donors (Lipinski definition) is 1. The molecule has 0 aliphatic heterocycles. The number of nitrogen functional groups attached to an aromatic ring is 1. The number of pyridine rings is 1. The van der Waals surface area contributed by atoms with Crippen LogP contribution in [0.4, 0.5) is 5.69 Å². The van der Waals surface area contributed by atoms with E-state index in [2.05, 4.69) is 4.98 Å². The molecule has 126 valence electrons. The zero-order valence-corrected chi connectivity index (χ0v) is 15.4. The summed E-state index contributed by atoms with van der Waals surface area (Å²) in [5, 5.41) is 0.788. The zero-order valence-electron chi connectivity index (χ0n) is 14.6. The number of aryl methyl sites for hydroxylation is 2. The van der Waals surface area contributed by atoms with Gasteiger partial charge in [0, 0.05) is 10.9 Å². The van der Waals surface area contributed by atoms with Crippen molar-refractivity contribution in [2.45, 2.75) is 53.6 Å². The molecule has 2 N–H and O–H groups in total. The number of aromatic nitrogens is 1. The van der Waals surface area contributed by atoms with Crippen LogP contribution in [0.15, 0.2) is 0 Å². The van der Waals surface area contributed by atoms with E-state index in [-0.39, 0.29) is 0 Å². The van der Waals surface area contributed by atoms with Crippen molar-refractivity contribution < 1.29 is 14.3 Å². The number of hydrogen-bond acceptors (Lipinski definition) is 6. The first kappa shape index (κ1) is 17.5. The van der Waals surface area contributed by atoms with Gasteiger partial charge in [0.25, 0.3) is 0 Å². The third-order valence-electron chi connectivity index (χ3n) is 3.35. The van der Waals surface area contributed by atoms with Gasteiger partial charge in [0.1, 0.15) is 21.1 Å². The van der Waals surface area contributed by atoms with Gasteiger partial charge in [-0.25, -0.2) is 9.78 Å². The molecule has 0 fully saturated rings. The second kappa shape index (κ2) is 6.35. The second-order valence-corrected chi connectivity index (χ2v) is 7.33. The van der Waals surface area contributed by atoms with Gasteiger partial charge in [0.05, 0.1) is 18.0 Å². The van der Waals surface area contributed by atoms with Gasteiger partial charge in [-0.2, -0.15) is 0 Å². The minimum absolute atomic E-state index is 0.404. The maximum absolute atomic E-state index is 12.4. The largest absolute Gasteiger partial charge is 0.492 e. The fourth-order valence-electron chi connectivity index (χ4n) is 2.43. The Bertz CT molecular complexity index is 745. The number of esters is 1. The molecular weight excluding hydrogens is 312 g/mol. The molecular formula is C17H24N2O3S. The van der Waals surface area contributed by atoms with E-state index < -0.39 is 11.6 Å². The first-order valence-corrected chi connectivity index (χ1v) is 8.58. The molecule has 0 saturated carbocycles. The molecule has 2 rings (SSSR count). The summed E-state index contributed by atoms with van der Waals surface area (Å²) in [4.78, 5) is 18.2. The molecule has 0 saturated heterocycles. The van der Waals surface area contributed by atoms with Crippen molar-refractivity contribution in [3.8, 4) is 5.75 Å². The molecule has 6 heteroatoms. The lowest BCUT2D eigenvalue weighted by atomic mass is 10.1. The quantitative estimate of drug-likeness (QED) is 0.851. The summed E-state index contributed by atoms with van der Waals surface area (Å²) >= 11 is 1.28. The van der Waals surface area contributed by atoms with Crippen LogP contribution in [0.25, 0.3) is 10.2 Å². The van der Waals surface area contributed by atoms with Crippen LogP contribution < -0.4 is 10.5 Å². The lowest BCUT2D eigenvalue weighted by Crippen LogP contribution is -2.23. The highest BCUT2D eigenvalue weighted by Crippen LogP contribution is 2.40. The van der Waals surface area contributed by atoms with E-state index in [0.29, 0.717) is 17.2 Å². The van der Waals surface area contributed by atoms with E-state index in [1.165, 1.54) is 11.3 Å². The van der Waals surface area contributed by atoms with E-state index >= 15 is 0 Å². The van der Waals surface area contributed by atoms with Gasteiger partial charge in [-0.15, -0.1) is 11.3 Å². The average Bonchev–Trinajstić information content (AvgIpc) is 2.77. The molecule has 23 heavy (non-hydrogen) atoms. The van der Waals surface area contributed by atoms with Crippen LogP contribution in [0.3, 0.4) is 0 Å². The van der Waals surface area contributed by atoms with Gasteiger partial charge in [-0.05, 0) is 41.0 Å². The number of ether oxygens (including phenoxy) is 2. The van der Waals surface area contributed by atoms with Gasteiger partial charge >= 0.3 is 5.97 Å². The first-order chi connectivity index (χ1) is 10.7. The van der Waals surface area contributed by atoms with Crippen molar-refractivity contribution in [3.63, 3.8) is 0 Å². The minimum atomic E-state index is -0.562. The third kappa shape index (κ3) is 3.42. The Morgan fingerprint density at radius 1 is 1.30 bits per heavy atom. The Hall–Kier alpha value is -1.82. The second-order valence-electron chi connectivity index (χ2n) is 6.33. The molecule has 2 aromatic rings. The van der Waals surface area contributed by atoms with Crippen molar-refractivity contribution in [2.75, 3.05) is 12.3 Å². The van der Waals surface area contributed by atoms with Gasteiger partial charge in [-0.3, -0.25) is 0 Å². The highest BCUT2D eigenvalue weighted by Gasteiger charge is 2.26. The molecule has 0 amide bonds. The fourth-order valence-corrected chi connectivity index (χ4v) is 3.48. The Morgan fingerprint density at radius 3 is 2.48 bits per heavy atom. The van der Waals surface area contributed by atoms with Crippen molar-refractivity contribution >= 4 is 33.2 Å². The standard InChI is InChI=1S/C17H24N2O3S/c1-7-10-13(21-8-2)9(3)11-12(18)14(23-15(11)19-10)16(20)22-17(4,5)6/h7-8,18H2,1-6H3. The van der Waals surface area contributed by atoms with Crippen LogP contribution in [0.2, 0.25) is 0 Å². The van der Waals surface area contributed by atoms with Crippen LogP contribution in [-0.4, -0.2) is 23.2 Å². The Morgan fingerprint density at radius 2 is 1.96 bits per heavy atom. The summed E-state index contributed by atoms with van der Waals surface area (Å²) in [5.74, 6) is 0.358. The number of carbonyl (C=O) groups is 1. The van der Waals surface area contributed by atoms with E-state index in [0.717, 1.165) is 33.6 Å². The first-order valence-electron chi connectivity index (χ1n) is 7.77. The summed E-state index contributed by atoms with van der Waals surface area (Å²) in [7, 11) is 0. The number of thiophene rings is 1. The normalized spacial score (nSPS) is 11.7. The summed E-state index contributed by atoms with van der Waals surface area (Å²) in [6.07, 6.45) is 0.756. The molecule has 0 aliphatic rings. The summed E-state index contributed by atoms with van der Waals surface area (Å²) in [5.41, 5.74) is 7.90. The number of nitrogens with two attached hydrogens (primary N) is 1. The minimum Gasteiger partial charge on any atom is -0.492 e. The van der Waals surface area contributed by atoms with E-state index in [1.54, 1.807) is 0 Å². The van der Waals surface area contributed by atoms with Gasteiger partial charge in [0.2, 0.25) is 0 Å². The van der Waals surface area contributed by atoms with Crippen LogP contribution in [0.1, 0.15) is 55.5 Å². The molecule has 0 radical (unpaired) electrons. The fraction of sp³-hybridized carbons (Fsp3) is 0.529. The third-order valence-corrected chi connectivity index (χ3v) is 4.43. The molecule has 2 aromatic heterocycles. The van der Waals surface area contributed by atoms with Crippen LogP contribution >= 0.6 is 11.3 Å². The molecule has 0 aliphatic carbocycles. The number of rotatable bonds is 4. The maximum Gasteiger partial charge on any atom is 0.351 e. The molecule has 0 atom stereocenters. The van der Waals surface area contributed by atoms with Crippen molar-refractivity contribution in [1.82, 2.24) is 4.98 Å². The molecule has 0 bridgehead atoms. The Labute approximate surface area is 140 Å². The van der Waals surface area contributed by atoms with Crippen molar-refractivity contribution in [2.24, 2.45) is 0 Å². The van der Waals surface area contributed by atoms with Crippen LogP contribution in [-0.2, 0) is 11.2 Å². The van der Waals surface area contributed by atoms with Crippen molar-refractivity contribution in [3.05, 3.63) is 16.1 Å².